The third-order valence-electron chi connectivity index (χ3n) is 6.08. The fourth-order valence-corrected chi connectivity index (χ4v) is 5.42. The first-order chi connectivity index (χ1) is 16.1. The topological polar surface area (TPSA) is 83.3 Å². The highest BCUT2D eigenvalue weighted by atomic mass is 32.1. The predicted molar refractivity (Wildman–Crippen MR) is 129 cm³/mol. The van der Waals surface area contributed by atoms with Crippen molar-refractivity contribution in [3.63, 3.8) is 0 Å². The van der Waals surface area contributed by atoms with Crippen LogP contribution < -0.4 is 5.32 Å². The molecule has 8 heteroatoms. The maximum absolute atomic E-state index is 13.2. The number of rotatable bonds is 7. The lowest BCUT2D eigenvalue weighted by atomic mass is 10.0. The van der Waals surface area contributed by atoms with E-state index in [2.05, 4.69) is 21.4 Å². The van der Waals surface area contributed by atoms with Gasteiger partial charge in [0, 0.05) is 30.8 Å². The first-order valence-electron chi connectivity index (χ1n) is 11.2. The molecule has 2 aromatic carbocycles. The summed E-state index contributed by atoms with van der Waals surface area (Å²) in [5.74, 6) is -0.180. The minimum atomic E-state index is -0.180. The second kappa shape index (κ2) is 9.43. The van der Waals surface area contributed by atoms with Crippen molar-refractivity contribution >= 4 is 27.5 Å². The monoisotopic (exact) mass is 461 g/mol. The van der Waals surface area contributed by atoms with Crippen LogP contribution in [-0.2, 0) is 26.1 Å². The Morgan fingerprint density at radius 2 is 1.97 bits per heavy atom. The van der Waals surface area contributed by atoms with Crippen molar-refractivity contribution in [2.75, 3.05) is 13.2 Å². The van der Waals surface area contributed by atoms with Crippen molar-refractivity contribution in [1.82, 2.24) is 25.0 Å². The number of nitrogens with one attached hydrogen (secondary N) is 1. The number of thiazole rings is 1. The number of benzene rings is 2. The largest absolute Gasteiger partial charge is 0.394 e. The SMILES string of the molecule is CC(NC(=O)c1nn(CCO)c2c1CN(Cc1nc3ccccc3s1)CC2)c1ccccc1. The second-order valence-electron chi connectivity index (χ2n) is 8.36. The number of carbonyl (C=O) groups is 1. The molecule has 0 fully saturated rings. The van der Waals surface area contributed by atoms with Gasteiger partial charge >= 0.3 is 0 Å². The van der Waals surface area contributed by atoms with Crippen molar-refractivity contribution in [3.8, 4) is 0 Å². The number of fused-ring (bicyclic) bond motifs is 2. The van der Waals surface area contributed by atoms with Crippen LogP contribution in [0, 0.1) is 0 Å². The van der Waals surface area contributed by atoms with Gasteiger partial charge in [-0.05, 0) is 24.6 Å². The molecule has 0 bridgehead atoms. The van der Waals surface area contributed by atoms with E-state index in [1.54, 1.807) is 16.0 Å². The fraction of sp³-hybridized carbons (Fsp3) is 0.320. The Kier molecular flexibility index (Phi) is 6.22. The lowest BCUT2D eigenvalue weighted by Gasteiger charge is -2.27. The molecule has 7 nitrogen and oxygen atoms in total. The Labute approximate surface area is 196 Å². The van der Waals surface area contributed by atoms with E-state index in [9.17, 15) is 9.90 Å². The molecule has 33 heavy (non-hydrogen) atoms. The van der Waals surface area contributed by atoms with E-state index in [0.29, 0.717) is 18.8 Å². The summed E-state index contributed by atoms with van der Waals surface area (Å²) in [5, 5.41) is 18.3. The third-order valence-corrected chi connectivity index (χ3v) is 7.11. The number of hydrogen-bond acceptors (Lipinski definition) is 6. The minimum Gasteiger partial charge on any atom is -0.394 e. The van der Waals surface area contributed by atoms with Crippen LogP contribution in [0.4, 0.5) is 0 Å². The lowest BCUT2D eigenvalue weighted by Crippen LogP contribution is -2.33. The van der Waals surface area contributed by atoms with Gasteiger partial charge in [0.25, 0.3) is 5.91 Å². The molecular weight excluding hydrogens is 434 g/mol. The molecule has 1 amide bonds. The molecule has 3 heterocycles. The zero-order chi connectivity index (χ0) is 22.8. The first kappa shape index (κ1) is 21.8. The van der Waals surface area contributed by atoms with Gasteiger partial charge in [0.2, 0.25) is 0 Å². The van der Waals surface area contributed by atoms with E-state index in [1.807, 2.05) is 55.5 Å². The summed E-state index contributed by atoms with van der Waals surface area (Å²) in [6, 6.07) is 18.0. The second-order valence-corrected chi connectivity index (χ2v) is 9.48. The van der Waals surface area contributed by atoms with Gasteiger partial charge in [0.1, 0.15) is 5.01 Å². The van der Waals surface area contributed by atoms with Crippen LogP contribution in [0.15, 0.2) is 54.6 Å². The molecule has 5 rings (SSSR count). The molecule has 0 radical (unpaired) electrons. The summed E-state index contributed by atoms with van der Waals surface area (Å²) in [6.45, 7) is 4.60. The zero-order valence-corrected chi connectivity index (χ0v) is 19.4. The number of aromatic nitrogens is 3. The first-order valence-corrected chi connectivity index (χ1v) is 12.1. The molecule has 170 valence electrons. The number of aliphatic hydroxyl groups excluding tert-OH is 1. The summed E-state index contributed by atoms with van der Waals surface area (Å²) in [4.78, 5) is 20.3. The van der Waals surface area contributed by atoms with E-state index in [1.165, 1.54) is 4.70 Å². The summed E-state index contributed by atoms with van der Waals surface area (Å²) < 4.78 is 2.99. The maximum Gasteiger partial charge on any atom is 0.272 e. The van der Waals surface area contributed by atoms with Crippen molar-refractivity contribution in [3.05, 3.63) is 82.1 Å². The summed E-state index contributed by atoms with van der Waals surface area (Å²) in [7, 11) is 0. The summed E-state index contributed by atoms with van der Waals surface area (Å²) in [6.07, 6.45) is 0.786. The Bertz CT molecular complexity index is 1230. The smallest absolute Gasteiger partial charge is 0.272 e. The number of para-hydroxylation sites is 1. The molecule has 1 aliphatic rings. The van der Waals surface area contributed by atoms with E-state index in [0.717, 1.165) is 46.9 Å². The normalized spacial score (nSPS) is 14.8. The van der Waals surface area contributed by atoms with Crippen LogP contribution in [-0.4, -0.2) is 43.8 Å². The van der Waals surface area contributed by atoms with Gasteiger partial charge in [0.15, 0.2) is 5.69 Å². The van der Waals surface area contributed by atoms with Crippen LogP contribution in [0.1, 0.15) is 45.3 Å². The van der Waals surface area contributed by atoms with E-state index in [-0.39, 0.29) is 18.6 Å². The van der Waals surface area contributed by atoms with Gasteiger partial charge in [-0.2, -0.15) is 5.10 Å². The standard InChI is InChI=1S/C25H27N5O2S/c1-17(18-7-3-2-4-8-18)26-25(32)24-19-15-29(12-11-21(19)30(28-24)13-14-31)16-23-27-20-9-5-6-10-22(20)33-23/h2-10,17,31H,11-16H2,1H3,(H,26,32). The lowest BCUT2D eigenvalue weighted by molar-refractivity contribution is 0.0931. The van der Waals surface area contributed by atoms with E-state index >= 15 is 0 Å². The average Bonchev–Trinajstić information content (AvgIpc) is 3.40. The Hall–Kier alpha value is -3.07. The van der Waals surface area contributed by atoms with Crippen LogP contribution in [0.5, 0.6) is 0 Å². The van der Waals surface area contributed by atoms with Crippen molar-refractivity contribution < 1.29 is 9.90 Å². The van der Waals surface area contributed by atoms with E-state index < -0.39 is 0 Å². The van der Waals surface area contributed by atoms with Crippen molar-refractivity contribution in [1.29, 1.82) is 0 Å². The number of nitrogens with zero attached hydrogens (tertiary/aromatic N) is 4. The average molecular weight is 462 g/mol. The predicted octanol–water partition coefficient (Wildman–Crippen LogP) is 3.53. The van der Waals surface area contributed by atoms with Crippen LogP contribution >= 0.6 is 11.3 Å². The van der Waals surface area contributed by atoms with Gasteiger partial charge in [0.05, 0.1) is 36.0 Å². The molecule has 1 unspecified atom stereocenters. The zero-order valence-electron chi connectivity index (χ0n) is 18.6. The highest BCUT2D eigenvalue weighted by Gasteiger charge is 2.29. The molecule has 1 aliphatic heterocycles. The van der Waals surface area contributed by atoms with Gasteiger partial charge in [-0.1, -0.05) is 42.5 Å². The molecule has 1 atom stereocenters. The quantitative estimate of drug-likeness (QED) is 0.440. The number of amides is 1. The van der Waals surface area contributed by atoms with Crippen molar-refractivity contribution in [2.45, 2.75) is 39.0 Å². The summed E-state index contributed by atoms with van der Waals surface area (Å²) in [5.41, 5.74) is 4.53. The highest BCUT2D eigenvalue weighted by Crippen LogP contribution is 2.27. The van der Waals surface area contributed by atoms with Gasteiger partial charge < -0.3 is 10.4 Å². The number of hydrogen-bond donors (Lipinski definition) is 2. The summed E-state index contributed by atoms with van der Waals surface area (Å²) >= 11 is 1.72. The van der Waals surface area contributed by atoms with Crippen molar-refractivity contribution in [2.24, 2.45) is 0 Å². The molecule has 0 saturated heterocycles. The van der Waals surface area contributed by atoms with Gasteiger partial charge in [-0.25, -0.2) is 4.98 Å². The molecule has 0 saturated carbocycles. The molecule has 0 spiro atoms. The number of carbonyl (C=O) groups excluding carboxylic acids is 1. The van der Waals surface area contributed by atoms with Gasteiger partial charge in [-0.15, -0.1) is 11.3 Å². The molecule has 2 aromatic heterocycles. The molecule has 2 N–H and O–H groups in total. The van der Waals surface area contributed by atoms with Crippen LogP contribution in [0.3, 0.4) is 0 Å². The molecule has 4 aromatic rings. The number of aliphatic hydroxyl groups is 1. The minimum absolute atomic E-state index is 0.00891. The molecule has 0 aliphatic carbocycles. The van der Waals surface area contributed by atoms with Gasteiger partial charge in [-0.3, -0.25) is 14.4 Å². The third kappa shape index (κ3) is 4.55. The molecular formula is C25H27N5O2S. The van der Waals surface area contributed by atoms with Crippen LogP contribution in [0.25, 0.3) is 10.2 Å². The highest BCUT2D eigenvalue weighted by molar-refractivity contribution is 7.18. The Morgan fingerprint density at radius 3 is 2.76 bits per heavy atom. The van der Waals surface area contributed by atoms with Crippen LogP contribution in [0.2, 0.25) is 0 Å². The Balaban J connectivity index is 1.37. The maximum atomic E-state index is 13.2. The van der Waals surface area contributed by atoms with E-state index in [4.69, 9.17) is 4.98 Å². The fourth-order valence-electron chi connectivity index (χ4n) is 4.41. The Morgan fingerprint density at radius 1 is 1.18 bits per heavy atom.